The van der Waals surface area contributed by atoms with Gasteiger partial charge in [-0.25, -0.2) is 0 Å². The predicted octanol–water partition coefficient (Wildman–Crippen LogP) is 1.93. The summed E-state index contributed by atoms with van der Waals surface area (Å²) >= 11 is 2.23. The van der Waals surface area contributed by atoms with E-state index in [1.54, 1.807) is 0 Å². The van der Waals surface area contributed by atoms with Crippen LogP contribution in [0.2, 0.25) is 0 Å². The molecule has 0 aromatic heterocycles. The number of hydrogen-bond acceptors (Lipinski definition) is 1. The first-order valence-electron chi connectivity index (χ1n) is 2.97. The van der Waals surface area contributed by atoms with E-state index < -0.39 is 0 Å². The molecule has 0 radical (unpaired) electrons. The minimum Gasteiger partial charge on any atom is -0.299 e. The molecular formula is C6H9IO. The van der Waals surface area contributed by atoms with E-state index in [1.165, 1.54) is 6.42 Å². The molecule has 1 nitrogen and oxygen atoms in total. The molecule has 0 heterocycles. The molecule has 1 saturated carbocycles. The van der Waals surface area contributed by atoms with Crippen molar-refractivity contribution in [1.29, 1.82) is 0 Å². The molecule has 1 aliphatic carbocycles. The standard InChI is InChI=1S/C6H9IO/c7-5-3-1-2-4-6(5)8/h5H,1-4H2/t5-/m1/s1. The van der Waals surface area contributed by atoms with Crippen LogP contribution in [0.3, 0.4) is 0 Å². The number of alkyl halides is 1. The minimum absolute atomic E-state index is 0.335. The number of hydrogen-bond donors (Lipinski definition) is 0. The quantitative estimate of drug-likeness (QED) is 0.454. The Bertz CT molecular complexity index is 101. The van der Waals surface area contributed by atoms with Crippen molar-refractivity contribution in [2.45, 2.75) is 29.6 Å². The summed E-state index contributed by atoms with van der Waals surface area (Å²) in [6.07, 6.45) is 4.31. The van der Waals surface area contributed by atoms with E-state index in [0.29, 0.717) is 9.71 Å². The molecule has 0 bridgehead atoms. The molecule has 0 spiro atoms. The van der Waals surface area contributed by atoms with Crippen molar-refractivity contribution in [3.63, 3.8) is 0 Å². The number of ketones is 1. The van der Waals surface area contributed by atoms with E-state index >= 15 is 0 Å². The normalized spacial score (nSPS) is 30.6. The van der Waals surface area contributed by atoms with Gasteiger partial charge in [-0.05, 0) is 12.8 Å². The second kappa shape index (κ2) is 2.80. The summed E-state index contributed by atoms with van der Waals surface area (Å²) in [6, 6.07) is 0. The maximum atomic E-state index is 10.8. The molecule has 0 amide bonds. The molecular weight excluding hydrogens is 215 g/mol. The minimum atomic E-state index is 0.335. The van der Waals surface area contributed by atoms with Crippen molar-refractivity contribution in [1.82, 2.24) is 0 Å². The molecule has 46 valence electrons. The molecule has 0 aliphatic heterocycles. The highest BCUT2D eigenvalue weighted by Crippen LogP contribution is 2.20. The Morgan fingerprint density at radius 1 is 1.50 bits per heavy atom. The maximum absolute atomic E-state index is 10.8. The Hall–Kier alpha value is 0.400. The highest BCUT2D eigenvalue weighted by atomic mass is 127. The second-order valence-electron chi connectivity index (χ2n) is 2.18. The zero-order valence-electron chi connectivity index (χ0n) is 4.69. The van der Waals surface area contributed by atoms with Crippen LogP contribution < -0.4 is 0 Å². The zero-order chi connectivity index (χ0) is 5.98. The first-order chi connectivity index (χ1) is 3.80. The van der Waals surface area contributed by atoms with Crippen molar-refractivity contribution >= 4 is 28.4 Å². The lowest BCUT2D eigenvalue weighted by molar-refractivity contribution is -0.119. The Labute approximate surface area is 63.0 Å². The highest BCUT2D eigenvalue weighted by molar-refractivity contribution is 14.1. The zero-order valence-corrected chi connectivity index (χ0v) is 6.85. The second-order valence-corrected chi connectivity index (χ2v) is 3.68. The van der Waals surface area contributed by atoms with Crippen LogP contribution in [0, 0.1) is 0 Å². The summed E-state index contributed by atoms with van der Waals surface area (Å²) in [6.45, 7) is 0. The molecule has 0 aromatic carbocycles. The molecule has 0 aromatic rings. The van der Waals surface area contributed by atoms with Crippen molar-refractivity contribution in [2.24, 2.45) is 0 Å². The summed E-state index contributed by atoms with van der Waals surface area (Å²) in [7, 11) is 0. The molecule has 8 heavy (non-hydrogen) atoms. The first-order valence-corrected chi connectivity index (χ1v) is 4.22. The molecule has 0 unspecified atom stereocenters. The van der Waals surface area contributed by atoms with E-state index in [4.69, 9.17) is 0 Å². The number of carbonyl (C=O) groups is 1. The number of Topliss-reactive ketones (excluding diaryl/α,β-unsaturated/α-hetero) is 1. The fourth-order valence-corrected chi connectivity index (χ4v) is 1.69. The topological polar surface area (TPSA) is 17.1 Å². The molecule has 1 rings (SSSR count). The lowest BCUT2D eigenvalue weighted by Gasteiger charge is -2.13. The van der Waals surface area contributed by atoms with E-state index in [2.05, 4.69) is 22.6 Å². The van der Waals surface area contributed by atoms with Gasteiger partial charge in [-0.2, -0.15) is 0 Å². The maximum Gasteiger partial charge on any atom is 0.145 e. The molecule has 1 aliphatic rings. The van der Waals surface area contributed by atoms with Gasteiger partial charge in [-0.1, -0.05) is 29.0 Å². The Morgan fingerprint density at radius 3 is 2.62 bits per heavy atom. The van der Waals surface area contributed by atoms with Crippen LogP contribution in [0.1, 0.15) is 25.7 Å². The monoisotopic (exact) mass is 224 g/mol. The third-order valence-corrected chi connectivity index (χ3v) is 2.80. The first kappa shape index (κ1) is 6.52. The van der Waals surface area contributed by atoms with Crippen LogP contribution in [0.25, 0.3) is 0 Å². The molecule has 0 saturated heterocycles. The fourth-order valence-electron chi connectivity index (χ4n) is 0.940. The lowest BCUT2D eigenvalue weighted by Crippen LogP contribution is -2.17. The Kier molecular flexibility index (Phi) is 2.28. The van der Waals surface area contributed by atoms with Crippen molar-refractivity contribution in [3.05, 3.63) is 0 Å². The van der Waals surface area contributed by atoms with Crippen molar-refractivity contribution < 1.29 is 4.79 Å². The van der Waals surface area contributed by atoms with Gasteiger partial charge in [0.2, 0.25) is 0 Å². The summed E-state index contributed by atoms with van der Waals surface area (Å²) in [5.41, 5.74) is 0. The van der Waals surface area contributed by atoms with Gasteiger partial charge in [-0.15, -0.1) is 0 Å². The van der Waals surface area contributed by atoms with Crippen molar-refractivity contribution in [3.8, 4) is 0 Å². The summed E-state index contributed by atoms with van der Waals surface area (Å²) in [5, 5.41) is 0. The van der Waals surface area contributed by atoms with Crippen LogP contribution in [0.5, 0.6) is 0 Å². The van der Waals surface area contributed by atoms with Crippen LogP contribution in [0.4, 0.5) is 0 Å². The summed E-state index contributed by atoms with van der Waals surface area (Å²) in [5.74, 6) is 0.455. The summed E-state index contributed by atoms with van der Waals surface area (Å²) in [4.78, 5) is 10.8. The predicted molar refractivity (Wildman–Crippen MR) is 41.3 cm³/mol. The van der Waals surface area contributed by atoms with Gasteiger partial charge in [0.05, 0.1) is 3.92 Å². The Morgan fingerprint density at radius 2 is 2.25 bits per heavy atom. The molecule has 2 heteroatoms. The van der Waals surface area contributed by atoms with Gasteiger partial charge >= 0.3 is 0 Å². The third kappa shape index (κ3) is 1.44. The largest absolute Gasteiger partial charge is 0.299 e. The molecule has 1 fully saturated rings. The molecule has 0 N–H and O–H groups in total. The average molecular weight is 224 g/mol. The van der Waals surface area contributed by atoms with Gasteiger partial charge in [0.1, 0.15) is 5.78 Å². The van der Waals surface area contributed by atoms with Crippen molar-refractivity contribution in [2.75, 3.05) is 0 Å². The van der Waals surface area contributed by atoms with Crippen LogP contribution in [0.15, 0.2) is 0 Å². The third-order valence-electron chi connectivity index (χ3n) is 1.48. The van der Waals surface area contributed by atoms with Gasteiger partial charge in [0.25, 0.3) is 0 Å². The average Bonchev–Trinajstić information content (AvgIpc) is 1.77. The molecule has 1 atom stereocenters. The number of halogens is 1. The smallest absolute Gasteiger partial charge is 0.145 e. The van der Waals surface area contributed by atoms with Crippen LogP contribution >= 0.6 is 22.6 Å². The van der Waals surface area contributed by atoms with Gasteiger partial charge in [0, 0.05) is 6.42 Å². The van der Waals surface area contributed by atoms with E-state index in [1.807, 2.05) is 0 Å². The Balaban J connectivity index is 2.39. The SMILES string of the molecule is O=C1CCCC[C@H]1I. The lowest BCUT2D eigenvalue weighted by atomic mass is 10.00. The highest BCUT2D eigenvalue weighted by Gasteiger charge is 2.17. The summed E-state index contributed by atoms with van der Waals surface area (Å²) < 4.78 is 0.335. The van der Waals surface area contributed by atoms with Gasteiger partial charge in [0.15, 0.2) is 0 Å². The number of rotatable bonds is 0. The fraction of sp³-hybridized carbons (Fsp3) is 0.833. The van der Waals surface area contributed by atoms with Crippen LogP contribution in [-0.4, -0.2) is 9.71 Å². The van der Waals surface area contributed by atoms with Gasteiger partial charge in [-0.3, -0.25) is 4.79 Å². The van der Waals surface area contributed by atoms with Crippen LogP contribution in [-0.2, 0) is 4.79 Å². The van der Waals surface area contributed by atoms with E-state index in [0.717, 1.165) is 19.3 Å². The van der Waals surface area contributed by atoms with E-state index in [9.17, 15) is 4.79 Å². The van der Waals surface area contributed by atoms with E-state index in [-0.39, 0.29) is 0 Å². The number of carbonyl (C=O) groups excluding carboxylic acids is 1. The van der Waals surface area contributed by atoms with Gasteiger partial charge < -0.3 is 0 Å².